The average molecular weight is 364 g/mol. The second kappa shape index (κ2) is 5.92. The molecule has 0 bridgehead atoms. The number of fused-ring (bicyclic) bond motifs is 1. The van der Waals surface area contributed by atoms with Crippen LogP contribution < -0.4 is 0 Å². The Bertz CT molecular complexity index is 1070. The van der Waals surface area contributed by atoms with Gasteiger partial charge in [0.05, 0.1) is 5.56 Å². The normalized spacial score (nSPS) is 11.4. The summed E-state index contributed by atoms with van der Waals surface area (Å²) in [6.07, 6.45) is 0.0879. The molecule has 0 fully saturated rings. The van der Waals surface area contributed by atoms with Crippen LogP contribution >= 0.6 is 11.3 Å². The summed E-state index contributed by atoms with van der Waals surface area (Å²) in [4.78, 5) is 0.366. The molecule has 0 amide bonds. The molecule has 0 aliphatic rings. The highest BCUT2D eigenvalue weighted by atomic mass is 32.1. The third kappa shape index (κ3) is 2.86. The predicted molar refractivity (Wildman–Crippen MR) is 83.2 cm³/mol. The van der Waals surface area contributed by atoms with Gasteiger partial charge in [0, 0.05) is 12.5 Å². The van der Waals surface area contributed by atoms with Crippen molar-refractivity contribution in [2.45, 2.75) is 6.42 Å². The predicted octanol–water partition coefficient (Wildman–Crippen LogP) is 4.00. The molecule has 0 atom stereocenters. The Morgan fingerprint density at radius 2 is 1.72 bits per heavy atom. The topological polar surface area (TPSA) is 43.1 Å². The lowest BCUT2D eigenvalue weighted by Gasteiger charge is -2.00. The van der Waals surface area contributed by atoms with E-state index in [1.54, 1.807) is 0 Å². The van der Waals surface area contributed by atoms with Crippen molar-refractivity contribution in [3.05, 3.63) is 71.1 Å². The molecule has 126 valence electrons. The third-order valence-corrected chi connectivity index (χ3v) is 4.45. The summed E-state index contributed by atoms with van der Waals surface area (Å²) >= 11 is 1.03. The maximum atomic E-state index is 13.9. The first-order chi connectivity index (χ1) is 12.0. The quantitative estimate of drug-likeness (QED) is 0.516. The molecule has 2 heterocycles. The molecule has 9 heteroatoms. The van der Waals surface area contributed by atoms with E-state index < -0.39 is 23.3 Å². The maximum Gasteiger partial charge on any atom is 0.234 e. The van der Waals surface area contributed by atoms with E-state index in [0.717, 1.165) is 23.5 Å². The molecule has 0 unspecified atom stereocenters. The van der Waals surface area contributed by atoms with Crippen molar-refractivity contribution in [3.63, 3.8) is 0 Å². The molecule has 0 N–H and O–H groups in total. The Morgan fingerprint density at radius 3 is 2.48 bits per heavy atom. The zero-order valence-corrected chi connectivity index (χ0v) is 13.2. The molecule has 0 radical (unpaired) electrons. The summed E-state index contributed by atoms with van der Waals surface area (Å²) in [5.74, 6) is -3.03. The summed E-state index contributed by atoms with van der Waals surface area (Å²) in [5.41, 5.74) is 0.372. The van der Waals surface area contributed by atoms with Gasteiger partial charge in [-0.2, -0.15) is 9.61 Å². The molecule has 4 nitrogen and oxygen atoms in total. The molecule has 0 spiro atoms. The van der Waals surface area contributed by atoms with Crippen molar-refractivity contribution in [2.75, 3.05) is 0 Å². The minimum absolute atomic E-state index is 0.0123. The molecule has 2 aromatic carbocycles. The highest BCUT2D eigenvalue weighted by molar-refractivity contribution is 7.19. The van der Waals surface area contributed by atoms with E-state index in [1.165, 1.54) is 28.8 Å². The number of aromatic nitrogens is 4. The van der Waals surface area contributed by atoms with Crippen LogP contribution in [0.25, 0.3) is 15.5 Å². The van der Waals surface area contributed by atoms with E-state index in [4.69, 9.17) is 0 Å². The third-order valence-electron chi connectivity index (χ3n) is 3.52. The zero-order chi connectivity index (χ0) is 17.6. The lowest BCUT2D eigenvalue weighted by atomic mass is 10.1. The Balaban J connectivity index is 1.75. The first-order valence-corrected chi connectivity index (χ1v) is 7.93. The number of halogens is 4. The number of hydrogen-bond donors (Lipinski definition) is 0. The highest BCUT2D eigenvalue weighted by Gasteiger charge is 2.17. The molecule has 4 aromatic rings. The van der Waals surface area contributed by atoms with Crippen LogP contribution in [0.2, 0.25) is 0 Å². The minimum atomic E-state index is -0.999. The van der Waals surface area contributed by atoms with Crippen LogP contribution in [0.1, 0.15) is 11.4 Å². The van der Waals surface area contributed by atoms with Crippen molar-refractivity contribution in [2.24, 2.45) is 0 Å². The highest BCUT2D eigenvalue weighted by Crippen LogP contribution is 2.29. The number of hydrogen-bond acceptors (Lipinski definition) is 4. The van der Waals surface area contributed by atoms with Crippen molar-refractivity contribution < 1.29 is 17.6 Å². The zero-order valence-electron chi connectivity index (χ0n) is 12.4. The van der Waals surface area contributed by atoms with Gasteiger partial charge in [-0.3, -0.25) is 0 Å². The van der Waals surface area contributed by atoms with Gasteiger partial charge >= 0.3 is 0 Å². The molecule has 25 heavy (non-hydrogen) atoms. The maximum absolute atomic E-state index is 13.9. The van der Waals surface area contributed by atoms with E-state index in [0.29, 0.717) is 16.3 Å². The Labute approximate surface area is 142 Å². The smallest absolute Gasteiger partial charge is 0.207 e. The molecular weight excluding hydrogens is 356 g/mol. The fraction of sp³-hybridized carbons (Fsp3) is 0.0625. The van der Waals surface area contributed by atoms with Crippen LogP contribution in [-0.2, 0) is 6.42 Å². The van der Waals surface area contributed by atoms with Gasteiger partial charge in [-0.05, 0) is 29.8 Å². The second-order valence-corrected chi connectivity index (χ2v) is 6.23. The van der Waals surface area contributed by atoms with Crippen molar-refractivity contribution in [1.29, 1.82) is 0 Å². The van der Waals surface area contributed by atoms with Gasteiger partial charge in [0.2, 0.25) is 4.96 Å². The Hall–Kier alpha value is -2.81. The first-order valence-electron chi connectivity index (χ1n) is 7.12. The van der Waals surface area contributed by atoms with Gasteiger partial charge in [-0.1, -0.05) is 17.4 Å². The number of benzene rings is 2. The van der Waals surface area contributed by atoms with Crippen LogP contribution in [0.15, 0.2) is 36.4 Å². The van der Waals surface area contributed by atoms with Gasteiger partial charge in [-0.15, -0.1) is 10.2 Å². The van der Waals surface area contributed by atoms with Crippen LogP contribution in [0.3, 0.4) is 0 Å². The monoisotopic (exact) mass is 364 g/mol. The summed E-state index contributed by atoms with van der Waals surface area (Å²) in [6, 6.07) is 6.95. The van der Waals surface area contributed by atoms with E-state index in [-0.39, 0.29) is 17.0 Å². The van der Waals surface area contributed by atoms with E-state index in [2.05, 4.69) is 15.3 Å². The summed E-state index contributed by atoms with van der Waals surface area (Å²) in [7, 11) is 0. The van der Waals surface area contributed by atoms with Crippen LogP contribution in [-0.4, -0.2) is 19.8 Å². The minimum Gasteiger partial charge on any atom is -0.207 e. The molecule has 4 rings (SSSR count). The molecule has 0 aliphatic heterocycles. The molecular formula is C16H8F4N4S. The fourth-order valence-corrected chi connectivity index (χ4v) is 3.32. The lowest BCUT2D eigenvalue weighted by molar-refractivity contribution is 0.511. The van der Waals surface area contributed by atoms with E-state index in [9.17, 15) is 17.6 Å². The molecule has 0 aliphatic carbocycles. The van der Waals surface area contributed by atoms with Crippen molar-refractivity contribution in [1.82, 2.24) is 19.8 Å². The number of rotatable bonds is 3. The van der Waals surface area contributed by atoms with E-state index >= 15 is 0 Å². The van der Waals surface area contributed by atoms with Crippen LogP contribution in [0.4, 0.5) is 17.6 Å². The summed E-state index contributed by atoms with van der Waals surface area (Å²) in [5, 5.41) is 12.3. The molecule has 2 aromatic heterocycles. The fourth-order valence-electron chi connectivity index (χ4n) is 2.44. The standard InChI is InChI=1S/C16H8F4N4S/c17-9-4-8(5-10(18)7-9)6-13-21-22-16-24(13)23-15(25-16)11-2-1-3-12(19)14(11)20/h1-5,7H,6H2. The van der Waals surface area contributed by atoms with Gasteiger partial charge in [0.15, 0.2) is 22.5 Å². The SMILES string of the molecule is Fc1cc(F)cc(Cc2nnc3sc(-c4cccc(F)c4F)nn23)c1. The molecule has 0 saturated heterocycles. The van der Waals surface area contributed by atoms with Gasteiger partial charge in [0.1, 0.15) is 11.6 Å². The molecule has 0 saturated carbocycles. The van der Waals surface area contributed by atoms with Gasteiger partial charge in [0.25, 0.3) is 0 Å². The largest absolute Gasteiger partial charge is 0.234 e. The summed E-state index contributed by atoms with van der Waals surface area (Å²) < 4.78 is 55.3. The van der Waals surface area contributed by atoms with Gasteiger partial charge < -0.3 is 0 Å². The van der Waals surface area contributed by atoms with Crippen LogP contribution in [0, 0.1) is 23.3 Å². The van der Waals surface area contributed by atoms with Crippen LogP contribution in [0.5, 0.6) is 0 Å². The Morgan fingerprint density at radius 1 is 0.960 bits per heavy atom. The Kier molecular flexibility index (Phi) is 3.72. The van der Waals surface area contributed by atoms with Crippen molar-refractivity contribution in [3.8, 4) is 10.6 Å². The lowest BCUT2D eigenvalue weighted by Crippen LogP contribution is -1.99. The van der Waals surface area contributed by atoms with Crippen molar-refractivity contribution >= 4 is 16.3 Å². The average Bonchev–Trinajstić information content (AvgIpc) is 3.11. The van der Waals surface area contributed by atoms with Gasteiger partial charge in [-0.25, -0.2) is 17.6 Å². The van der Waals surface area contributed by atoms with E-state index in [1.807, 2.05) is 0 Å². The second-order valence-electron chi connectivity index (χ2n) is 5.27. The number of nitrogens with zero attached hydrogens (tertiary/aromatic N) is 4. The first kappa shape index (κ1) is 15.7. The summed E-state index contributed by atoms with van der Waals surface area (Å²) in [6.45, 7) is 0.